The number of carbonyl (C=O) groups is 1. The molecule has 2 aliphatic rings. The fraction of sp³-hybridized carbons (Fsp3) is 0.393. The van der Waals surface area contributed by atoms with Crippen molar-refractivity contribution in [3.63, 3.8) is 0 Å². The van der Waals surface area contributed by atoms with Crippen molar-refractivity contribution in [2.24, 2.45) is 12.8 Å². The van der Waals surface area contributed by atoms with E-state index in [1.165, 1.54) is 4.57 Å². The number of fused-ring (bicyclic) bond motifs is 2. The van der Waals surface area contributed by atoms with Crippen LogP contribution >= 0.6 is 0 Å². The molecule has 4 aromatic rings. The standard InChI is InChI=1S/C28H30N4O5/c1-16-3-6-23-21(13-16)30-27(37-23)17-7-10-32(11-8-17)25-20-5-4-18(36-19-9-12-35-15-19)14-22(20)31(2)28(34)24(25)26(29)33/h3-6,13-14,17,19H,7-12,15H2,1-2H3,(H2,29,33)/t19-/m0/s1. The number of hydrogen-bond acceptors (Lipinski definition) is 7. The monoisotopic (exact) mass is 502 g/mol. The molecule has 0 unspecified atom stereocenters. The van der Waals surface area contributed by atoms with Gasteiger partial charge in [0.15, 0.2) is 11.5 Å². The lowest BCUT2D eigenvalue weighted by molar-refractivity contribution is 0.0999. The number of ether oxygens (including phenoxy) is 2. The van der Waals surface area contributed by atoms with Crippen LogP contribution in [-0.4, -0.2) is 47.9 Å². The molecule has 192 valence electrons. The van der Waals surface area contributed by atoms with Crippen molar-refractivity contribution in [1.29, 1.82) is 0 Å². The molecule has 2 aliphatic heterocycles. The lowest BCUT2D eigenvalue weighted by atomic mass is 9.95. The van der Waals surface area contributed by atoms with Crippen molar-refractivity contribution in [2.75, 3.05) is 31.2 Å². The molecule has 2 fully saturated rings. The van der Waals surface area contributed by atoms with Crippen LogP contribution in [-0.2, 0) is 11.8 Å². The molecule has 2 saturated heterocycles. The Labute approximate surface area is 213 Å². The van der Waals surface area contributed by atoms with Crippen LogP contribution < -0.4 is 20.9 Å². The van der Waals surface area contributed by atoms with Gasteiger partial charge in [0.05, 0.1) is 24.4 Å². The van der Waals surface area contributed by atoms with E-state index in [1.807, 2.05) is 43.3 Å². The van der Waals surface area contributed by atoms with E-state index in [2.05, 4.69) is 4.90 Å². The number of aromatic nitrogens is 2. The number of benzene rings is 2. The summed E-state index contributed by atoms with van der Waals surface area (Å²) in [6.07, 6.45) is 2.39. The summed E-state index contributed by atoms with van der Waals surface area (Å²) in [7, 11) is 1.66. The third kappa shape index (κ3) is 4.23. The van der Waals surface area contributed by atoms with Crippen LogP contribution in [0.25, 0.3) is 22.0 Å². The Balaban J connectivity index is 1.33. The van der Waals surface area contributed by atoms with Gasteiger partial charge in [-0.1, -0.05) is 6.07 Å². The number of rotatable bonds is 5. The van der Waals surface area contributed by atoms with E-state index < -0.39 is 11.5 Å². The zero-order valence-electron chi connectivity index (χ0n) is 21.0. The van der Waals surface area contributed by atoms with Crippen LogP contribution in [0, 0.1) is 6.92 Å². The summed E-state index contributed by atoms with van der Waals surface area (Å²) < 4.78 is 19.0. The Hall–Kier alpha value is -3.85. The number of amides is 1. The van der Waals surface area contributed by atoms with Crippen LogP contribution in [0.1, 0.15) is 47.0 Å². The number of aryl methyl sites for hydroxylation is 2. The molecule has 0 aliphatic carbocycles. The van der Waals surface area contributed by atoms with Gasteiger partial charge >= 0.3 is 0 Å². The van der Waals surface area contributed by atoms with Crippen molar-refractivity contribution in [2.45, 2.75) is 38.2 Å². The molecule has 2 aromatic heterocycles. The summed E-state index contributed by atoms with van der Waals surface area (Å²) in [5, 5.41) is 0.793. The van der Waals surface area contributed by atoms with E-state index in [1.54, 1.807) is 7.05 Å². The van der Waals surface area contributed by atoms with E-state index in [4.69, 9.17) is 24.6 Å². The first-order valence-corrected chi connectivity index (χ1v) is 12.7. The molecule has 1 amide bonds. The Morgan fingerprint density at radius 1 is 1.14 bits per heavy atom. The van der Waals surface area contributed by atoms with Gasteiger partial charge in [0.1, 0.15) is 22.9 Å². The first-order chi connectivity index (χ1) is 17.9. The summed E-state index contributed by atoms with van der Waals surface area (Å²) in [6, 6.07) is 11.7. The van der Waals surface area contributed by atoms with Crippen LogP contribution in [0.3, 0.4) is 0 Å². The summed E-state index contributed by atoms with van der Waals surface area (Å²) in [5.74, 6) is 0.840. The van der Waals surface area contributed by atoms with E-state index in [0.717, 1.165) is 47.2 Å². The molecule has 0 bridgehead atoms. The highest BCUT2D eigenvalue weighted by molar-refractivity contribution is 6.07. The number of hydrogen-bond donors (Lipinski definition) is 1. The molecule has 9 heteroatoms. The molecule has 2 N–H and O–H groups in total. The zero-order chi connectivity index (χ0) is 25.7. The first-order valence-electron chi connectivity index (χ1n) is 12.7. The molecule has 4 heterocycles. The normalized spacial score (nSPS) is 18.6. The molecule has 37 heavy (non-hydrogen) atoms. The van der Waals surface area contributed by atoms with Crippen LogP contribution in [0.4, 0.5) is 5.69 Å². The Bertz CT molecular complexity index is 1560. The van der Waals surface area contributed by atoms with E-state index in [0.29, 0.717) is 43.3 Å². The predicted octanol–water partition coefficient (Wildman–Crippen LogP) is 3.64. The minimum atomic E-state index is -0.725. The number of oxazole rings is 1. The number of nitrogens with two attached hydrogens (primary N) is 1. The maximum absolute atomic E-state index is 13.3. The summed E-state index contributed by atoms with van der Waals surface area (Å²) >= 11 is 0. The second-order valence-corrected chi connectivity index (χ2v) is 10.0. The fourth-order valence-electron chi connectivity index (χ4n) is 5.50. The van der Waals surface area contributed by atoms with Crippen molar-refractivity contribution >= 4 is 33.6 Å². The molecular formula is C28H30N4O5. The maximum atomic E-state index is 13.3. The lowest BCUT2D eigenvalue weighted by Gasteiger charge is -2.34. The van der Waals surface area contributed by atoms with E-state index in [-0.39, 0.29) is 17.6 Å². The van der Waals surface area contributed by atoms with Crippen LogP contribution in [0.5, 0.6) is 5.75 Å². The summed E-state index contributed by atoms with van der Waals surface area (Å²) in [4.78, 5) is 32.6. The van der Waals surface area contributed by atoms with Crippen LogP contribution in [0.15, 0.2) is 45.6 Å². The minimum absolute atomic E-state index is 0.00589. The molecule has 0 saturated carbocycles. The van der Waals surface area contributed by atoms with Crippen molar-refractivity contribution in [1.82, 2.24) is 9.55 Å². The highest BCUT2D eigenvalue weighted by atomic mass is 16.5. The Morgan fingerprint density at radius 3 is 2.68 bits per heavy atom. The molecule has 1 atom stereocenters. The summed E-state index contributed by atoms with van der Waals surface area (Å²) in [6.45, 7) is 4.56. The van der Waals surface area contributed by atoms with Crippen molar-refractivity contribution in [3.05, 3.63) is 63.8 Å². The molecule has 0 radical (unpaired) electrons. The first kappa shape index (κ1) is 23.5. The smallest absolute Gasteiger partial charge is 0.265 e. The maximum Gasteiger partial charge on any atom is 0.265 e. The molecule has 0 spiro atoms. The number of pyridine rings is 1. The average molecular weight is 503 g/mol. The highest BCUT2D eigenvalue weighted by Gasteiger charge is 2.30. The molecule has 6 rings (SSSR count). The Morgan fingerprint density at radius 2 is 1.95 bits per heavy atom. The van der Waals surface area contributed by atoms with Gasteiger partial charge in [-0.2, -0.15) is 0 Å². The number of primary amides is 1. The highest BCUT2D eigenvalue weighted by Crippen LogP contribution is 2.37. The van der Waals surface area contributed by atoms with Gasteiger partial charge in [0, 0.05) is 43.9 Å². The predicted molar refractivity (Wildman–Crippen MR) is 140 cm³/mol. The van der Waals surface area contributed by atoms with E-state index >= 15 is 0 Å². The van der Waals surface area contributed by atoms with Gasteiger partial charge in [-0.25, -0.2) is 4.98 Å². The summed E-state index contributed by atoms with van der Waals surface area (Å²) in [5.41, 5.74) is 9.44. The van der Waals surface area contributed by atoms with Gasteiger partial charge in [-0.3, -0.25) is 9.59 Å². The minimum Gasteiger partial charge on any atom is -0.488 e. The van der Waals surface area contributed by atoms with Gasteiger partial charge < -0.3 is 29.1 Å². The second-order valence-electron chi connectivity index (χ2n) is 10.0. The number of carbonyl (C=O) groups excluding carboxylic acids is 1. The van der Waals surface area contributed by atoms with Crippen LogP contribution in [0.2, 0.25) is 0 Å². The lowest BCUT2D eigenvalue weighted by Crippen LogP contribution is -2.38. The van der Waals surface area contributed by atoms with Gasteiger partial charge in [0.25, 0.3) is 11.5 Å². The largest absolute Gasteiger partial charge is 0.488 e. The fourth-order valence-corrected chi connectivity index (χ4v) is 5.50. The average Bonchev–Trinajstić information content (AvgIpc) is 3.55. The van der Waals surface area contributed by atoms with Crippen molar-refractivity contribution in [3.8, 4) is 5.75 Å². The topological polar surface area (TPSA) is 113 Å². The number of piperidine rings is 1. The van der Waals surface area contributed by atoms with Gasteiger partial charge in [0.2, 0.25) is 0 Å². The molecular weight excluding hydrogens is 472 g/mol. The number of nitrogens with zero attached hydrogens (tertiary/aromatic N) is 3. The van der Waals surface area contributed by atoms with Crippen molar-refractivity contribution < 1.29 is 18.7 Å². The quantitative estimate of drug-likeness (QED) is 0.443. The molecule has 2 aromatic carbocycles. The molecule has 9 nitrogen and oxygen atoms in total. The second kappa shape index (κ2) is 9.23. The number of anilines is 1. The Kier molecular flexibility index (Phi) is 5.87. The van der Waals surface area contributed by atoms with Gasteiger partial charge in [-0.15, -0.1) is 0 Å². The third-order valence-electron chi connectivity index (χ3n) is 7.50. The third-order valence-corrected chi connectivity index (χ3v) is 7.50. The SMILES string of the molecule is Cc1ccc2oc(C3CCN(c4c(C(N)=O)c(=O)n(C)c5cc(O[C@H]6CCOC6)ccc45)CC3)nc2c1. The van der Waals surface area contributed by atoms with Gasteiger partial charge in [-0.05, 0) is 49.6 Å². The zero-order valence-corrected chi connectivity index (χ0v) is 21.0. The van der Waals surface area contributed by atoms with E-state index in [9.17, 15) is 9.59 Å².